The first-order chi connectivity index (χ1) is 30.8. The van der Waals surface area contributed by atoms with Gasteiger partial charge in [0.15, 0.2) is 0 Å². The molecular formula is C54H30B2N2OSSe2. The molecule has 3 nitrogen and oxygen atoms in total. The third kappa shape index (κ3) is 4.56. The van der Waals surface area contributed by atoms with E-state index in [1.54, 1.807) is 0 Å². The van der Waals surface area contributed by atoms with Crippen molar-refractivity contribution in [3.05, 3.63) is 182 Å². The van der Waals surface area contributed by atoms with Gasteiger partial charge in [-0.15, -0.1) is 0 Å². The third-order valence-electron chi connectivity index (χ3n) is 13.5. The summed E-state index contributed by atoms with van der Waals surface area (Å²) < 4.78 is 12.8. The van der Waals surface area contributed by atoms with Crippen molar-refractivity contribution in [2.24, 2.45) is 0 Å². The first-order valence-electron chi connectivity index (χ1n) is 21.1. The standard InChI is InChI=1S/C54H30B2N2OSSe2/c1-3-15-31(16-4-1)57-39-28-40-38(27-37(39)56-36-22-10-12-24-44(36)60-54-50-34-20-8-14-26-46(34)61-47(50)29-41(57)51(54)56)55-35-21-9-11-23-42(35)59-43-30-48-49(33-19-7-13-25-45(33)62-48)53(52(43)55)58(40)32-17-5-2-6-18-32/h1-30H. The molecule has 0 atom stereocenters. The van der Waals surface area contributed by atoms with Crippen LogP contribution >= 0.6 is 11.8 Å². The zero-order valence-corrected chi connectivity index (χ0v) is 37.2. The maximum absolute atomic E-state index is 7.04. The van der Waals surface area contributed by atoms with Crippen molar-refractivity contribution < 1.29 is 4.74 Å². The Hall–Kier alpha value is -6.10. The average Bonchev–Trinajstić information content (AvgIpc) is 3.89. The molecule has 2 aromatic heterocycles. The predicted molar refractivity (Wildman–Crippen MR) is 266 cm³/mol. The Labute approximate surface area is 374 Å². The molecule has 4 aliphatic rings. The van der Waals surface area contributed by atoms with Crippen LogP contribution in [0.25, 0.3) is 38.6 Å². The molecule has 0 spiro atoms. The number of rotatable bonds is 2. The molecule has 0 saturated carbocycles. The van der Waals surface area contributed by atoms with Crippen molar-refractivity contribution in [2.75, 3.05) is 9.80 Å². The second-order valence-electron chi connectivity index (χ2n) is 16.7. The number of hydrogen-bond donors (Lipinski definition) is 0. The predicted octanol–water partition coefficient (Wildman–Crippen LogP) is 9.58. The van der Waals surface area contributed by atoms with E-state index in [1.807, 2.05) is 11.8 Å². The van der Waals surface area contributed by atoms with E-state index in [9.17, 15) is 0 Å². The number of hydrogen-bond acceptors (Lipinski definition) is 4. The van der Waals surface area contributed by atoms with E-state index < -0.39 is 0 Å². The quantitative estimate of drug-likeness (QED) is 0.161. The van der Waals surface area contributed by atoms with Crippen molar-refractivity contribution in [1.82, 2.24) is 0 Å². The Balaban J connectivity index is 1.12. The minimum atomic E-state index is -0.0235. The molecular weight excluding hydrogens is 904 g/mol. The number of anilines is 6. The normalized spacial score (nSPS) is 14.1. The molecule has 15 rings (SSSR count). The van der Waals surface area contributed by atoms with Gasteiger partial charge in [0, 0.05) is 0 Å². The van der Waals surface area contributed by atoms with Gasteiger partial charge in [0.25, 0.3) is 0 Å². The van der Waals surface area contributed by atoms with Crippen LogP contribution in [0.1, 0.15) is 0 Å². The summed E-state index contributed by atoms with van der Waals surface area (Å²) in [7, 11) is 0. The Morgan fingerprint density at radius 2 is 1.00 bits per heavy atom. The molecule has 8 heteroatoms. The first-order valence-corrected chi connectivity index (χ1v) is 25.4. The summed E-state index contributed by atoms with van der Waals surface area (Å²) >= 11 is 2.35. The van der Waals surface area contributed by atoms with E-state index in [1.165, 1.54) is 110 Å². The van der Waals surface area contributed by atoms with Crippen LogP contribution in [-0.2, 0) is 0 Å². The van der Waals surface area contributed by atoms with Crippen LogP contribution in [-0.4, -0.2) is 42.4 Å². The fraction of sp³-hybridized carbons (Fsp3) is 0. The fourth-order valence-electron chi connectivity index (χ4n) is 11.1. The van der Waals surface area contributed by atoms with Gasteiger partial charge in [-0.25, -0.2) is 0 Å². The second kappa shape index (κ2) is 12.7. The van der Waals surface area contributed by atoms with Gasteiger partial charge in [-0.2, -0.15) is 0 Å². The van der Waals surface area contributed by atoms with E-state index in [-0.39, 0.29) is 42.4 Å². The van der Waals surface area contributed by atoms with Crippen LogP contribution in [0.3, 0.4) is 0 Å². The van der Waals surface area contributed by atoms with Crippen LogP contribution in [0.5, 0.6) is 11.5 Å². The Kier molecular flexibility index (Phi) is 7.08. The SMILES string of the molecule is c1ccc(N2c3cc4c(cc3B3c5ccccc5Sc5c3c2cc2[se]c3ccccc3c52)B2c3ccccc3Oc3cc5[se]c6ccccc6c5c(c32)N4c2ccccc2)cc1. The minimum absolute atomic E-state index is 0.0235. The summed E-state index contributed by atoms with van der Waals surface area (Å²) in [6.07, 6.45) is 0. The Morgan fingerprint density at radius 1 is 0.419 bits per heavy atom. The molecule has 0 aliphatic carbocycles. The number of benzene rings is 9. The maximum atomic E-state index is 7.04. The van der Waals surface area contributed by atoms with Crippen molar-refractivity contribution in [2.45, 2.75) is 9.79 Å². The summed E-state index contributed by atoms with van der Waals surface area (Å²) in [5.41, 5.74) is 15.3. The van der Waals surface area contributed by atoms with Crippen LogP contribution in [0.4, 0.5) is 34.1 Å². The number of ether oxygens (including phenoxy) is 1. The summed E-state index contributed by atoms with van der Waals surface area (Å²) in [6.45, 7) is 0.0311. The van der Waals surface area contributed by atoms with E-state index >= 15 is 0 Å². The molecule has 0 unspecified atom stereocenters. The van der Waals surface area contributed by atoms with Gasteiger partial charge >= 0.3 is 377 Å². The number of fused-ring (bicyclic) bond motifs is 16. The Bertz CT molecular complexity index is 3740. The van der Waals surface area contributed by atoms with Gasteiger partial charge in [-0.05, 0) is 0 Å². The van der Waals surface area contributed by atoms with Gasteiger partial charge in [0.05, 0.1) is 0 Å². The summed E-state index contributed by atoms with van der Waals surface area (Å²) in [5, 5.41) is 5.55. The fourth-order valence-corrected chi connectivity index (χ4v) is 17.4. The van der Waals surface area contributed by atoms with Crippen LogP contribution in [0.2, 0.25) is 0 Å². The summed E-state index contributed by atoms with van der Waals surface area (Å²) in [4.78, 5) is 7.97. The molecule has 11 aromatic rings. The molecule has 0 N–H and O–H groups in total. The number of nitrogens with zero attached hydrogens (tertiary/aromatic N) is 2. The molecule has 6 heterocycles. The van der Waals surface area contributed by atoms with Gasteiger partial charge in [0.2, 0.25) is 0 Å². The van der Waals surface area contributed by atoms with E-state index in [0.717, 1.165) is 17.2 Å². The third-order valence-corrected chi connectivity index (χ3v) is 19.4. The second-order valence-corrected chi connectivity index (χ2v) is 22.3. The van der Waals surface area contributed by atoms with Crippen LogP contribution in [0, 0.1) is 0 Å². The first kappa shape index (κ1) is 34.5. The molecule has 0 fully saturated rings. The number of para-hydroxylation sites is 3. The molecule has 286 valence electrons. The topological polar surface area (TPSA) is 15.7 Å². The van der Waals surface area contributed by atoms with Crippen molar-refractivity contribution in [1.29, 1.82) is 0 Å². The van der Waals surface area contributed by atoms with Crippen molar-refractivity contribution >= 4 is 160 Å². The summed E-state index contributed by atoms with van der Waals surface area (Å²) in [5.74, 6) is 1.93. The van der Waals surface area contributed by atoms with Gasteiger partial charge in [-0.3, -0.25) is 0 Å². The Morgan fingerprint density at radius 3 is 1.76 bits per heavy atom. The average molecular weight is 934 g/mol. The molecule has 0 bridgehead atoms. The van der Waals surface area contributed by atoms with Crippen LogP contribution < -0.4 is 47.3 Å². The monoisotopic (exact) mass is 936 g/mol. The van der Waals surface area contributed by atoms with Gasteiger partial charge < -0.3 is 0 Å². The van der Waals surface area contributed by atoms with E-state index in [2.05, 4.69) is 192 Å². The van der Waals surface area contributed by atoms with Gasteiger partial charge in [0.1, 0.15) is 0 Å². The molecule has 62 heavy (non-hydrogen) atoms. The van der Waals surface area contributed by atoms with Crippen molar-refractivity contribution in [3.63, 3.8) is 0 Å². The zero-order chi connectivity index (χ0) is 40.2. The molecule has 0 amide bonds. The van der Waals surface area contributed by atoms with Crippen LogP contribution in [0.15, 0.2) is 192 Å². The zero-order valence-electron chi connectivity index (χ0n) is 33.0. The molecule has 4 aliphatic heterocycles. The van der Waals surface area contributed by atoms with Gasteiger partial charge in [-0.1, -0.05) is 0 Å². The molecule has 0 radical (unpaired) electrons. The molecule has 0 saturated heterocycles. The van der Waals surface area contributed by atoms with E-state index in [4.69, 9.17) is 4.74 Å². The summed E-state index contributed by atoms with van der Waals surface area (Å²) in [6, 6.07) is 68.5. The van der Waals surface area contributed by atoms with E-state index in [0.29, 0.717) is 0 Å². The molecule has 9 aromatic carbocycles. The van der Waals surface area contributed by atoms with Crippen molar-refractivity contribution in [3.8, 4) is 11.5 Å².